The van der Waals surface area contributed by atoms with Crippen molar-refractivity contribution in [2.75, 3.05) is 7.05 Å². The van der Waals surface area contributed by atoms with E-state index in [1.807, 2.05) is 31.3 Å². The molecule has 2 atom stereocenters. The summed E-state index contributed by atoms with van der Waals surface area (Å²) >= 11 is 6.07. The van der Waals surface area contributed by atoms with Crippen LogP contribution in [0.15, 0.2) is 24.3 Å². The zero-order valence-electron chi connectivity index (χ0n) is 9.96. The topological polar surface area (TPSA) is 21.3 Å². The van der Waals surface area contributed by atoms with Gasteiger partial charge in [0.2, 0.25) is 0 Å². The minimum Gasteiger partial charge on any atom is -0.488 e. The molecule has 0 aromatic heterocycles. The van der Waals surface area contributed by atoms with Crippen LogP contribution in [-0.2, 0) is 0 Å². The number of benzene rings is 1. The quantitative estimate of drug-likeness (QED) is 0.875. The third-order valence-electron chi connectivity index (χ3n) is 3.63. The molecule has 0 saturated heterocycles. The van der Waals surface area contributed by atoms with Crippen LogP contribution in [0.2, 0.25) is 5.02 Å². The lowest BCUT2D eigenvalue weighted by atomic mass is 9.64. The molecule has 1 fully saturated rings. The van der Waals surface area contributed by atoms with Crippen LogP contribution in [0.4, 0.5) is 0 Å². The van der Waals surface area contributed by atoms with Crippen molar-refractivity contribution in [3.63, 3.8) is 0 Å². The molecule has 1 saturated carbocycles. The van der Waals surface area contributed by atoms with Crippen LogP contribution in [0.1, 0.15) is 20.3 Å². The second-order valence-corrected chi connectivity index (χ2v) is 5.34. The van der Waals surface area contributed by atoms with Gasteiger partial charge in [0.15, 0.2) is 0 Å². The van der Waals surface area contributed by atoms with Crippen LogP contribution < -0.4 is 10.1 Å². The van der Waals surface area contributed by atoms with E-state index in [0.29, 0.717) is 11.1 Å². The van der Waals surface area contributed by atoms with Gasteiger partial charge in [-0.3, -0.25) is 0 Å². The smallest absolute Gasteiger partial charge is 0.138 e. The largest absolute Gasteiger partial charge is 0.488 e. The van der Waals surface area contributed by atoms with Crippen molar-refractivity contribution in [3.8, 4) is 5.75 Å². The van der Waals surface area contributed by atoms with Crippen LogP contribution in [0.25, 0.3) is 0 Å². The zero-order valence-corrected chi connectivity index (χ0v) is 10.7. The summed E-state index contributed by atoms with van der Waals surface area (Å²) in [6.07, 6.45) is 1.28. The molecule has 0 bridgehead atoms. The summed E-state index contributed by atoms with van der Waals surface area (Å²) in [5, 5.41) is 4.00. The minimum atomic E-state index is 0.161. The Hall–Kier alpha value is -0.730. The van der Waals surface area contributed by atoms with Crippen molar-refractivity contribution in [2.45, 2.75) is 32.4 Å². The van der Waals surface area contributed by atoms with Crippen LogP contribution >= 0.6 is 11.6 Å². The number of hydrogen-bond acceptors (Lipinski definition) is 2. The highest BCUT2D eigenvalue weighted by Gasteiger charge is 2.49. The van der Waals surface area contributed by atoms with E-state index in [2.05, 4.69) is 19.2 Å². The third-order valence-corrected chi connectivity index (χ3v) is 3.94. The van der Waals surface area contributed by atoms with E-state index >= 15 is 0 Å². The average Bonchev–Trinajstić information content (AvgIpc) is 2.26. The summed E-state index contributed by atoms with van der Waals surface area (Å²) in [6.45, 7) is 4.44. The lowest BCUT2D eigenvalue weighted by molar-refractivity contribution is -0.0520. The van der Waals surface area contributed by atoms with Gasteiger partial charge in [-0.25, -0.2) is 0 Å². The molecule has 1 aliphatic rings. The fourth-order valence-corrected chi connectivity index (χ4v) is 2.45. The first kappa shape index (κ1) is 11.7. The van der Waals surface area contributed by atoms with Gasteiger partial charge in [-0.2, -0.15) is 0 Å². The highest BCUT2D eigenvalue weighted by Crippen LogP contribution is 2.43. The van der Waals surface area contributed by atoms with Gasteiger partial charge in [0, 0.05) is 17.9 Å². The Labute approximate surface area is 102 Å². The Morgan fingerprint density at radius 2 is 2.06 bits per heavy atom. The Morgan fingerprint density at radius 1 is 1.38 bits per heavy atom. The third kappa shape index (κ3) is 1.92. The Balaban J connectivity index is 2.05. The second kappa shape index (κ2) is 4.27. The summed E-state index contributed by atoms with van der Waals surface area (Å²) in [5.74, 6) is 0.789. The monoisotopic (exact) mass is 239 g/mol. The Morgan fingerprint density at radius 3 is 2.62 bits per heavy atom. The van der Waals surface area contributed by atoms with E-state index in [0.717, 1.165) is 12.2 Å². The molecule has 1 N–H and O–H groups in total. The lowest BCUT2D eigenvalue weighted by Gasteiger charge is -2.51. The molecular weight excluding hydrogens is 222 g/mol. The maximum absolute atomic E-state index is 6.07. The fraction of sp³-hybridized carbons (Fsp3) is 0.538. The number of nitrogens with one attached hydrogen (secondary N) is 1. The molecule has 0 radical (unpaired) electrons. The minimum absolute atomic E-state index is 0.161. The van der Waals surface area contributed by atoms with Crippen molar-refractivity contribution in [3.05, 3.63) is 29.3 Å². The van der Waals surface area contributed by atoms with Crippen molar-refractivity contribution >= 4 is 11.6 Å². The molecule has 0 aliphatic heterocycles. The summed E-state index contributed by atoms with van der Waals surface area (Å²) in [5.41, 5.74) is 0.161. The molecule has 1 aromatic carbocycles. The predicted molar refractivity (Wildman–Crippen MR) is 67.1 cm³/mol. The summed E-state index contributed by atoms with van der Waals surface area (Å²) in [7, 11) is 2.00. The van der Waals surface area contributed by atoms with Gasteiger partial charge in [-0.1, -0.05) is 37.6 Å². The van der Waals surface area contributed by atoms with Gasteiger partial charge in [0.25, 0.3) is 0 Å². The Kier molecular flexibility index (Phi) is 3.13. The van der Waals surface area contributed by atoms with Crippen LogP contribution in [0, 0.1) is 5.41 Å². The fourth-order valence-electron chi connectivity index (χ4n) is 2.27. The van der Waals surface area contributed by atoms with E-state index in [4.69, 9.17) is 16.3 Å². The summed E-state index contributed by atoms with van der Waals surface area (Å²) in [6, 6.07) is 8.17. The van der Waals surface area contributed by atoms with Gasteiger partial charge in [0.1, 0.15) is 11.9 Å². The normalized spacial score (nSPS) is 27.2. The van der Waals surface area contributed by atoms with E-state index < -0.39 is 0 Å². The first-order chi connectivity index (χ1) is 7.55. The number of halogens is 1. The highest BCUT2D eigenvalue weighted by molar-refractivity contribution is 6.32. The molecule has 0 amide bonds. The number of para-hydroxylation sites is 1. The van der Waals surface area contributed by atoms with Crippen LogP contribution in [-0.4, -0.2) is 19.2 Å². The first-order valence-corrected chi connectivity index (χ1v) is 6.02. The van der Waals surface area contributed by atoms with Crippen LogP contribution in [0.5, 0.6) is 5.75 Å². The van der Waals surface area contributed by atoms with Crippen molar-refractivity contribution in [1.82, 2.24) is 5.32 Å². The van der Waals surface area contributed by atoms with Gasteiger partial charge in [-0.15, -0.1) is 0 Å². The zero-order chi connectivity index (χ0) is 11.8. The number of ether oxygens (including phenoxy) is 1. The van der Waals surface area contributed by atoms with Crippen LogP contribution in [0.3, 0.4) is 0 Å². The molecule has 0 spiro atoms. The summed E-state index contributed by atoms with van der Waals surface area (Å²) < 4.78 is 5.96. The van der Waals surface area contributed by atoms with E-state index in [-0.39, 0.29) is 11.5 Å². The van der Waals surface area contributed by atoms with Gasteiger partial charge >= 0.3 is 0 Å². The molecule has 1 aromatic rings. The van der Waals surface area contributed by atoms with Gasteiger partial charge in [0.05, 0.1) is 5.02 Å². The molecule has 88 valence electrons. The molecule has 1 aliphatic carbocycles. The number of hydrogen-bond donors (Lipinski definition) is 1. The molecule has 2 rings (SSSR count). The molecule has 2 nitrogen and oxygen atoms in total. The summed E-state index contributed by atoms with van der Waals surface area (Å²) in [4.78, 5) is 0. The van der Waals surface area contributed by atoms with E-state index in [9.17, 15) is 0 Å². The maximum atomic E-state index is 6.07. The Bertz CT molecular complexity index is 378. The molecular formula is C13H18ClNO. The lowest BCUT2D eigenvalue weighted by Crippen LogP contribution is -2.61. The predicted octanol–water partition coefficient (Wildman–Crippen LogP) is 3.11. The van der Waals surface area contributed by atoms with E-state index in [1.54, 1.807) is 0 Å². The van der Waals surface area contributed by atoms with Crippen molar-refractivity contribution in [1.29, 1.82) is 0 Å². The van der Waals surface area contributed by atoms with Gasteiger partial charge < -0.3 is 10.1 Å². The molecule has 16 heavy (non-hydrogen) atoms. The second-order valence-electron chi connectivity index (χ2n) is 4.94. The molecule has 3 heteroatoms. The SMILES string of the molecule is CNC1CC(Oc2ccccc2Cl)C1(C)C. The molecule has 0 heterocycles. The average molecular weight is 240 g/mol. The standard InChI is InChI=1S/C13H18ClNO/c1-13(2)11(15-3)8-12(13)16-10-7-5-4-6-9(10)14/h4-7,11-12,15H,8H2,1-3H3. The molecule has 2 unspecified atom stereocenters. The maximum Gasteiger partial charge on any atom is 0.138 e. The van der Waals surface area contributed by atoms with Crippen molar-refractivity contribution < 1.29 is 4.74 Å². The van der Waals surface area contributed by atoms with Gasteiger partial charge in [-0.05, 0) is 19.2 Å². The first-order valence-electron chi connectivity index (χ1n) is 5.64. The highest BCUT2D eigenvalue weighted by atomic mass is 35.5. The van der Waals surface area contributed by atoms with E-state index in [1.165, 1.54) is 0 Å². The number of rotatable bonds is 3. The van der Waals surface area contributed by atoms with Crippen molar-refractivity contribution in [2.24, 2.45) is 5.41 Å².